The van der Waals surface area contributed by atoms with E-state index < -0.39 is 0 Å². The summed E-state index contributed by atoms with van der Waals surface area (Å²) in [5, 5.41) is 2.80. The normalized spacial score (nSPS) is 12.2. The molecular weight excluding hydrogens is 273 g/mol. The molecule has 1 N–H and O–H groups in total. The standard InChI is InChI=1S/C12H15BrFNO/c1-8-7-10(14)3-4-11(8)12(16)15-6-5-9(2)13/h3-4,7,9H,5-6H2,1-2H3,(H,15,16). The van der Waals surface area contributed by atoms with Crippen LogP contribution in [0.2, 0.25) is 0 Å². The van der Waals surface area contributed by atoms with Crippen molar-refractivity contribution in [3.63, 3.8) is 0 Å². The zero-order chi connectivity index (χ0) is 12.1. The van der Waals surface area contributed by atoms with E-state index in [-0.39, 0.29) is 11.7 Å². The van der Waals surface area contributed by atoms with Gasteiger partial charge in [0.05, 0.1) is 0 Å². The van der Waals surface area contributed by atoms with E-state index in [9.17, 15) is 9.18 Å². The fraction of sp³-hybridized carbons (Fsp3) is 0.417. The van der Waals surface area contributed by atoms with Crippen LogP contribution in [0.5, 0.6) is 0 Å². The zero-order valence-corrected chi connectivity index (χ0v) is 11.0. The smallest absolute Gasteiger partial charge is 0.251 e. The Bertz CT molecular complexity index is 379. The number of aryl methyl sites for hydroxylation is 1. The highest BCUT2D eigenvalue weighted by molar-refractivity contribution is 9.09. The summed E-state index contributed by atoms with van der Waals surface area (Å²) in [6, 6.07) is 4.18. The lowest BCUT2D eigenvalue weighted by molar-refractivity contribution is 0.0952. The number of hydrogen-bond donors (Lipinski definition) is 1. The van der Waals surface area contributed by atoms with E-state index >= 15 is 0 Å². The Morgan fingerprint density at radius 2 is 2.25 bits per heavy atom. The van der Waals surface area contributed by atoms with Crippen molar-refractivity contribution < 1.29 is 9.18 Å². The van der Waals surface area contributed by atoms with E-state index in [1.54, 1.807) is 6.92 Å². The number of carbonyl (C=O) groups excluding carboxylic acids is 1. The molecule has 0 spiro atoms. The molecule has 4 heteroatoms. The summed E-state index contributed by atoms with van der Waals surface area (Å²) in [5.41, 5.74) is 1.19. The van der Waals surface area contributed by atoms with Crippen molar-refractivity contribution in [3.05, 3.63) is 35.1 Å². The topological polar surface area (TPSA) is 29.1 Å². The van der Waals surface area contributed by atoms with E-state index in [4.69, 9.17) is 0 Å². The van der Waals surface area contributed by atoms with Crippen LogP contribution in [0.4, 0.5) is 4.39 Å². The first kappa shape index (κ1) is 13.2. The number of amides is 1. The van der Waals surface area contributed by atoms with Gasteiger partial charge < -0.3 is 5.32 Å². The molecule has 0 aliphatic heterocycles. The van der Waals surface area contributed by atoms with Gasteiger partial charge in [0.1, 0.15) is 5.82 Å². The minimum Gasteiger partial charge on any atom is -0.352 e. The molecule has 1 amide bonds. The quantitative estimate of drug-likeness (QED) is 0.848. The third-order valence-corrected chi connectivity index (χ3v) is 2.72. The van der Waals surface area contributed by atoms with Crippen LogP contribution in [-0.2, 0) is 0 Å². The maximum atomic E-state index is 12.8. The van der Waals surface area contributed by atoms with E-state index in [0.29, 0.717) is 22.5 Å². The highest BCUT2D eigenvalue weighted by Crippen LogP contribution is 2.10. The highest BCUT2D eigenvalue weighted by atomic mass is 79.9. The Balaban J connectivity index is 2.59. The summed E-state index contributed by atoms with van der Waals surface area (Å²) in [6.45, 7) is 4.36. The van der Waals surface area contributed by atoms with Gasteiger partial charge in [-0.3, -0.25) is 4.79 Å². The van der Waals surface area contributed by atoms with Gasteiger partial charge in [0.25, 0.3) is 5.91 Å². The van der Waals surface area contributed by atoms with Crippen LogP contribution >= 0.6 is 15.9 Å². The minimum absolute atomic E-state index is 0.148. The first-order valence-corrected chi connectivity index (χ1v) is 6.10. The van der Waals surface area contributed by atoms with Gasteiger partial charge in [-0.25, -0.2) is 4.39 Å². The number of nitrogens with one attached hydrogen (secondary N) is 1. The van der Waals surface area contributed by atoms with E-state index in [1.165, 1.54) is 18.2 Å². The molecule has 0 saturated heterocycles. The van der Waals surface area contributed by atoms with Gasteiger partial charge in [0.15, 0.2) is 0 Å². The van der Waals surface area contributed by atoms with Crippen LogP contribution in [0.1, 0.15) is 29.3 Å². The van der Waals surface area contributed by atoms with Crippen LogP contribution in [0, 0.1) is 12.7 Å². The van der Waals surface area contributed by atoms with Crippen LogP contribution in [-0.4, -0.2) is 17.3 Å². The molecule has 0 fully saturated rings. The molecule has 16 heavy (non-hydrogen) atoms. The fourth-order valence-electron chi connectivity index (χ4n) is 1.36. The first-order valence-electron chi connectivity index (χ1n) is 5.19. The fourth-order valence-corrected chi connectivity index (χ4v) is 1.59. The molecular formula is C12H15BrFNO. The number of alkyl halides is 1. The van der Waals surface area contributed by atoms with Crippen LogP contribution in [0.3, 0.4) is 0 Å². The number of rotatable bonds is 4. The average molecular weight is 288 g/mol. The van der Waals surface area contributed by atoms with E-state index in [1.807, 2.05) is 6.92 Å². The van der Waals surface area contributed by atoms with Crippen molar-refractivity contribution in [3.8, 4) is 0 Å². The highest BCUT2D eigenvalue weighted by Gasteiger charge is 2.09. The van der Waals surface area contributed by atoms with Crippen molar-refractivity contribution in [1.29, 1.82) is 0 Å². The molecule has 0 aromatic heterocycles. The van der Waals surface area contributed by atoms with Gasteiger partial charge >= 0.3 is 0 Å². The second kappa shape index (κ2) is 5.99. The van der Waals surface area contributed by atoms with Crippen molar-refractivity contribution in [1.82, 2.24) is 5.32 Å². The van der Waals surface area contributed by atoms with Crippen molar-refractivity contribution in [2.45, 2.75) is 25.1 Å². The minimum atomic E-state index is -0.317. The molecule has 0 radical (unpaired) electrons. The SMILES string of the molecule is Cc1cc(F)ccc1C(=O)NCCC(C)Br. The summed E-state index contributed by atoms with van der Waals surface area (Å²) in [5.74, 6) is -0.464. The number of carbonyl (C=O) groups is 1. The van der Waals surface area contributed by atoms with Gasteiger partial charge in [-0.2, -0.15) is 0 Å². The lowest BCUT2D eigenvalue weighted by Gasteiger charge is -2.08. The van der Waals surface area contributed by atoms with Crippen LogP contribution in [0.15, 0.2) is 18.2 Å². The number of hydrogen-bond acceptors (Lipinski definition) is 1. The molecule has 88 valence electrons. The lowest BCUT2D eigenvalue weighted by atomic mass is 10.1. The monoisotopic (exact) mass is 287 g/mol. The summed E-state index contributed by atoms with van der Waals surface area (Å²) in [6.07, 6.45) is 0.867. The molecule has 1 aromatic carbocycles. The third-order valence-electron chi connectivity index (χ3n) is 2.26. The molecule has 1 unspecified atom stereocenters. The summed E-state index contributed by atoms with van der Waals surface area (Å²) in [4.78, 5) is 12.1. The summed E-state index contributed by atoms with van der Waals surface area (Å²) >= 11 is 3.40. The molecule has 1 atom stereocenters. The van der Waals surface area contributed by atoms with Crippen LogP contribution in [0.25, 0.3) is 0 Å². The lowest BCUT2D eigenvalue weighted by Crippen LogP contribution is -2.26. The van der Waals surface area contributed by atoms with Gasteiger partial charge in [-0.05, 0) is 37.1 Å². The largest absolute Gasteiger partial charge is 0.352 e. The first-order chi connectivity index (χ1) is 7.50. The maximum Gasteiger partial charge on any atom is 0.251 e. The van der Waals surface area contributed by atoms with Crippen molar-refractivity contribution >= 4 is 21.8 Å². The number of halogens is 2. The molecule has 1 rings (SSSR count). The molecule has 0 saturated carbocycles. The molecule has 0 aliphatic rings. The predicted molar refractivity (Wildman–Crippen MR) is 66.5 cm³/mol. The van der Waals surface area contributed by atoms with E-state index in [2.05, 4.69) is 21.2 Å². The molecule has 0 aliphatic carbocycles. The second-order valence-electron chi connectivity index (χ2n) is 3.78. The van der Waals surface area contributed by atoms with E-state index in [0.717, 1.165) is 6.42 Å². The van der Waals surface area contributed by atoms with Crippen molar-refractivity contribution in [2.24, 2.45) is 0 Å². The Morgan fingerprint density at radius 1 is 1.56 bits per heavy atom. The zero-order valence-electron chi connectivity index (χ0n) is 9.39. The van der Waals surface area contributed by atoms with Gasteiger partial charge in [-0.15, -0.1) is 0 Å². The molecule has 2 nitrogen and oxygen atoms in total. The Hall–Kier alpha value is -0.900. The Kier molecular flexibility index (Phi) is 4.93. The summed E-state index contributed by atoms with van der Waals surface area (Å²) in [7, 11) is 0. The Labute approximate surface area is 103 Å². The predicted octanol–water partition coefficient (Wildman–Crippen LogP) is 3.04. The maximum absolute atomic E-state index is 12.8. The molecule has 1 aromatic rings. The summed E-state index contributed by atoms with van der Waals surface area (Å²) < 4.78 is 12.8. The molecule has 0 heterocycles. The average Bonchev–Trinajstić information content (AvgIpc) is 2.16. The van der Waals surface area contributed by atoms with Crippen LogP contribution < -0.4 is 5.32 Å². The third kappa shape index (κ3) is 3.93. The molecule has 0 bridgehead atoms. The second-order valence-corrected chi connectivity index (χ2v) is 5.35. The van der Waals surface area contributed by atoms with Gasteiger partial charge in [0, 0.05) is 16.9 Å². The van der Waals surface area contributed by atoms with Crippen molar-refractivity contribution in [2.75, 3.05) is 6.54 Å². The Morgan fingerprint density at radius 3 is 2.81 bits per heavy atom. The number of benzene rings is 1. The van der Waals surface area contributed by atoms with Gasteiger partial charge in [-0.1, -0.05) is 22.9 Å². The van der Waals surface area contributed by atoms with Gasteiger partial charge in [0.2, 0.25) is 0 Å².